The van der Waals surface area contributed by atoms with Crippen molar-refractivity contribution >= 4 is 5.91 Å². The largest absolute Gasteiger partial charge is 0.341 e. The number of likely N-dealkylation sites (tertiary alicyclic amines) is 1. The van der Waals surface area contributed by atoms with Crippen molar-refractivity contribution < 1.29 is 9.18 Å². The molecular formula is C28H27FN6O. The summed E-state index contributed by atoms with van der Waals surface area (Å²) < 4.78 is 15.3. The number of nitrogens with zero attached hydrogens (tertiary/aromatic N) is 6. The number of aromatic nitrogens is 4. The number of piperidine rings is 1. The minimum absolute atomic E-state index is 0.101. The molecule has 2 aliphatic rings. The van der Waals surface area contributed by atoms with Crippen LogP contribution in [0.3, 0.4) is 0 Å². The Morgan fingerprint density at radius 1 is 0.972 bits per heavy atom. The summed E-state index contributed by atoms with van der Waals surface area (Å²) in [5.74, 6) is 0.462. The molecule has 4 aromatic rings. The molecule has 0 spiro atoms. The minimum Gasteiger partial charge on any atom is -0.341 e. The Morgan fingerprint density at radius 3 is 2.42 bits per heavy atom. The van der Waals surface area contributed by atoms with E-state index in [-0.39, 0.29) is 17.6 Å². The molecule has 0 aliphatic carbocycles. The number of benzene rings is 2. The molecule has 1 fully saturated rings. The SMILES string of the molecule is O=C(CN1Cc2ccccc2C1)N1CCCC(c2cc(-c3ccc(F)cc3)nn2-c2ncccn2)C1. The normalized spacial score (nSPS) is 17.8. The first-order valence-electron chi connectivity index (χ1n) is 12.3. The van der Waals surface area contributed by atoms with Crippen LogP contribution < -0.4 is 0 Å². The molecule has 7 nitrogen and oxygen atoms in total. The Bertz CT molecular complexity index is 1350. The monoisotopic (exact) mass is 482 g/mol. The molecule has 8 heteroatoms. The lowest BCUT2D eigenvalue weighted by atomic mass is 9.94. The molecule has 1 unspecified atom stereocenters. The quantitative estimate of drug-likeness (QED) is 0.427. The average Bonchev–Trinajstić information content (AvgIpc) is 3.54. The molecule has 2 aromatic heterocycles. The predicted molar refractivity (Wildman–Crippen MR) is 134 cm³/mol. The van der Waals surface area contributed by atoms with Gasteiger partial charge in [-0.15, -0.1) is 0 Å². The lowest BCUT2D eigenvalue weighted by molar-refractivity contribution is -0.133. The van der Waals surface area contributed by atoms with Crippen LogP contribution in [0.4, 0.5) is 4.39 Å². The second-order valence-electron chi connectivity index (χ2n) is 9.51. The molecular weight excluding hydrogens is 455 g/mol. The van der Waals surface area contributed by atoms with Gasteiger partial charge in [-0.1, -0.05) is 24.3 Å². The number of carbonyl (C=O) groups is 1. The molecule has 0 N–H and O–H groups in total. The van der Waals surface area contributed by atoms with Crippen LogP contribution in [0, 0.1) is 5.82 Å². The third-order valence-corrected chi connectivity index (χ3v) is 7.08. The molecule has 1 amide bonds. The van der Waals surface area contributed by atoms with Crippen molar-refractivity contribution in [1.29, 1.82) is 0 Å². The molecule has 6 rings (SSSR count). The Balaban J connectivity index is 1.23. The number of halogens is 1. The highest BCUT2D eigenvalue weighted by Gasteiger charge is 2.30. The summed E-state index contributed by atoms with van der Waals surface area (Å²) in [5, 5.41) is 4.79. The van der Waals surface area contributed by atoms with Crippen LogP contribution in [0.5, 0.6) is 0 Å². The first-order valence-corrected chi connectivity index (χ1v) is 12.3. The van der Waals surface area contributed by atoms with Gasteiger partial charge in [0.05, 0.1) is 17.9 Å². The number of rotatable bonds is 5. The van der Waals surface area contributed by atoms with Gasteiger partial charge in [-0.25, -0.2) is 19.0 Å². The summed E-state index contributed by atoms with van der Waals surface area (Å²) in [6.07, 6.45) is 5.25. The third kappa shape index (κ3) is 4.52. The minimum atomic E-state index is -0.285. The molecule has 0 radical (unpaired) electrons. The van der Waals surface area contributed by atoms with Crippen molar-refractivity contribution in [2.75, 3.05) is 19.6 Å². The summed E-state index contributed by atoms with van der Waals surface area (Å²) in [4.78, 5) is 26.3. The van der Waals surface area contributed by atoms with E-state index in [0.717, 1.165) is 49.4 Å². The third-order valence-electron chi connectivity index (χ3n) is 7.08. The van der Waals surface area contributed by atoms with Gasteiger partial charge in [-0.2, -0.15) is 5.10 Å². The number of fused-ring (bicyclic) bond motifs is 1. The van der Waals surface area contributed by atoms with Crippen molar-refractivity contribution in [3.8, 4) is 17.2 Å². The van der Waals surface area contributed by atoms with E-state index in [1.54, 1.807) is 35.3 Å². The molecule has 2 aromatic carbocycles. The van der Waals surface area contributed by atoms with E-state index in [9.17, 15) is 9.18 Å². The van der Waals surface area contributed by atoms with Crippen LogP contribution >= 0.6 is 0 Å². The zero-order valence-corrected chi connectivity index (χ0v) is 19.9. The van der Waals surface area contributed by atoms with Gasteiger partial charge >= 0.3 is 0 Å². The van der Waals surface area contributed by atoms with E-state index in [0.29, 0.717) is 19.0 Å². The van der Waals surface area contributed by atoms with Crippen molar-refractivity contribution in [1.82, 2.24) is 29.5 Å². The zero-order chi connectivity index (χ0) is 24.5. The molecule has 0 bridgehead atoms. The summed E-state index contributed by atoms with van der Waals surface area (Å²) >= 11 is 0. The fourth-order valence-electron chi connectivity index (χ4n) is 5.26. The molecule has 1 saturated heterocycles. The number of hydrogen-bond donors (Lipinski definition) is 0. The first-order chi connectivity index (χ1) is 17.6. The maximum absolute atomic E-state index is 13.5. The summed E-state index contributed by atoms with van der Waals surface area (Å²) in [6, 6.07) is 18.5. The highest BCUT2D eigenvalue weighted by molar-refractivity contribution is 5.78. The van der Waals surface area contributed by atoms with E-state index >= 15 is 0 Å². The van der Waals surface area contributed by atoms with Crippen LogP contribution in [0.1, 0.15) is 35.6 Å². The van der Waals surface area contributed by atoms with Gasteiger partial charge in [0.25, 0.3) is 5.95 Å². The van der Waals surface area contributed by atoms with Crippen molar-refractivity contribution in [2.45, 2.75) is 31.8 Å². The molecule has 0 saturated carbocycles. The fraction of sp³-hybridized carbons (Fsp3) is 0.286. The van der Waals surface area contributed by atoms with Crippen LogP contribution in [0.15, 0.2) is 73.1 Å². The van der Waals surface area contributed by atoms with Crippen molar-refractivity contribution in [3.63, 3.8) is 0 Å². The average molecular weight is 483 g/mol. The van der Waals surface area contributed by atoms with Gasteiger partial charge in [-0.3, -0.25) is 9.69 Å². The standard InChI is InChI=1S/C28H27FN6O/c29-24-10-8-20(9-11-24)25-15-26(35(32-25)28-30-12-4-13-31-28)23-7-3-14-34(18-23)27(36)19-33-16-21-5-1-2-6-22(21)17-33/h1-2,4-6,8-13,15,23H,3,7,14,16-19H2. The Labute approximate surface area is 209 Å². The Morgan fingerprint density at radius 2 is 1.69 bits per heavy atom. The van der Waals surface area contributed by atoms with Crippen molar-refractivity contribution in [3.05, 3.63) is 95.7 Å². The van der Waals surface area contributed by atoms with E-state index < -0.39 is 0 Å². The first kappa shape index (κ1) is 22.5. The van der Waals surface area contributed by atoms with Gasteiger partial charge < -0.3 is 4.90 Å². The smallest absolute Gasteiger partial charge is 0.250 e. The van der Waals surface area contributed by atoms with Crippen LogP contribution in [-0.2, 0) is 17.9 Å². The summed E-state index contributed by atoms with van der Waals surface area (Å²) in [6.45, 7) is 3.44. The zero-order valence-electron chi connectivity index (χ0n) is 19.9. The molecule has 1 atom stereocenters. The number of amides is 1. The highest BCUT2D eigenvalue weighted by atomic mass is 19.1. The lowest BCUT2D eigenvalue weighted by Crippen LogP contribution is -2.44. The van der Waals surface area contributed by atoms with Gasteiger partial charge in [0.15, 0.2) is 0 Å². The van der Waals surface area contributed by atoms with E-state index in [1.807, 2.05) is 11.0 Å². The van der Waals surface area contributed by atoms with Gasteiger partial charge in [-0.05, 0) is 60.4 Å². The number of hydrogen-bond acceptors (Lipinski definition) is 5. The molecule has 182 valence electrons. The highest BCUT2D eigenvalue weighted by Crippen LogP contribution is 2.32. The van der Waals surface area contributed by atoms with Crippen molar-refractivity contribution in [2.24, 2.45) is 0 Å². The van der Waals surface area contributed by atoms with Crippen LogP contribution in [0.2, 0.25) is 0 Å². The Hall–Kier alpha value is -3.91. The maximum Gasteiger partial charge on any atom is 0.250 e. The van der Waals surface area contributed by atoms with E-state index in [2.05, 4.69) is 39.1 Å². The Kier molecular flexibility index (Phi) is 6.03. The lowest BCUT2D eigenvalue weighted by Gasteiger charge is -2.33. The molecule has 36 heavy (non-hydrogen) atoms. The van der Waals surface area contributed by atoms with E-state index in [1.165, 1.54) is 23.3 Å². The van der Waals surface area contributed by atoms with Gasteiger partial charge in [0, 0.05) is 50.1 Å². The van der Waals surface area contributed by atoms with Crippen LogP contribution in [0.25, 0.3) is 17.2 Å². The van der Waals surface area contributed by atoms with Gasteiger partial charge in [0.2, 0.25) is 5.91 Å². The maximum atomic E-state index is 13.5. The predicted octanol–water partition coefficient (Wildman–Crippen LogP) is 4.19. The summed E-state index contributed by atoms with van der Waals surface area (Å²) in [5.41, 5.74) is 5.14. The fourth-order valence-corrected chi connectivity index (χ4v) is 5.26. The van der Waals surface area contributed by atoms with E-state index in [4.69, 9.17) is 5.10 Å². The topological polar surface area (TPSA) is 67.2 Å². The number of carbonyl (C=O) groups excluding carboxylic acids is 1. The second-order valence-corrected chi connectivity index (χ2v) is 9.51. The summed E-state index contributed by atoms with van der Waals surface area (Å²) in [7, 11) is 0. The molecule has 4 heterocycles. The van der Waals surface area contributed by atoms with Gasteiger partial charge in [0.1, 0.15) is 5.82 Å². The van der Waals surface area contributed by atoms with Crippen LogP contribution in [-0.4, -0.2) is 55.1 Å². The second kappa shape index (κ2) is 9.62. The molecule has 2 aliphatic heterocycles.